The molecular formula is C23H26O6. The summed E-state index contributed by atoms with van der Waals surface area (Å²) < 4.78 is 0. The van der Waals surface area contributed by atoms with Crippen LogP contribution in [0.1, 0.15) is 58.5 Å². The summed E-state index contributed by atoms with van der Waals surface area (Å²) in [5, 5.41) is 0. The summed E-state index contributed by atoms with van der Waals surface area (Å²) in [5.74, 6) is -1.41. The van der Waals surface area contributed by atoms with Crippen LogP contribution in [0.15, 0.2) is 48.5 Å². The molecule has 0 saturated carbocycles. The number of carbonyl (C=O) groups is 2. The summed E-state index contributed by atoms with van der Waals surface area (Å²) in [6, 6.07) is 13.6. The molecule has 6 nitrogen and oxygen atoms in total. The lowest BCUT2D eigenvalue weighted by Gasteiger charge is -2.30. The van der Waals surface area contributed by atoms with Gasteiger partial charge in [-0.1, -0.05) is 49.2 Å². The van der Waals surface area contributed by atoms with Gasteiger partial charge in [-0.2, -0.15) is 0 Å². The van der Waals surface area contributed by atoms with Gasteiger partial charge in [-0.05, 0) is 57.9 Å². The van der Waals surface area contributed by atoms with Gasteiger partial charge in [0.2, 0.25) is 0 Å². The zero-order valence-electron chi connectivity index (χ0n) is 17.2. The van der Waals surface area contributed by atoms with Gasteiger partial charge >= 0.3 is 18.2 Å². The minimum absolute atomic E-state index is 0.205. The molecule has 0 bridgehead atoms. The molecule has 29 heavy (non-hydrogen) atoms. The molecule has 0 aliphatic rings. The van der Waals surface area contributed by atoms with E-state index in [0.717, 1.165) is 11.1 Å². The third kappa shape index (κ3) is 6.14. The molecule has 0 spiro atoms. The molecule has 154 valence electrons. The minimum Gasteiger partial charge on any atom is -0.289 e. The van der Waals surface area contributed by atoms with Crippen LogP contribution in [0, 0.1) is 32.5 Å². The predicted octanol–water partition coefficient (Wildman–Crippen LogP) is 5.31. The number of carbonyl (C=O) groups excluding carboxylic acids is 2. The molecule has 2 aromatic rings. The Morgan fingerprint density at radius 3 is 1.38 bits per heavy atom. The SMILES string of the molecule is [CH2]C(CC)(CC)[C](OOC(=O)c1ccc(C)cc1)OOC(=O)c1ccc(C)cc1. The highest BCUT2D eigenvalue weighted by atomic mass is 17.3. The average molecular weight is 398 g/mol. The fourth-order valence-electron chi connectivity index (χ4n) is 2.36. The second-order valence-electron chi connectivity index (χ2n) is 6.92. The fraction of sp³-hybridized carbons (Fsp3) is 0.304. The van der Waals surface area contributed by atoms with Gasteiger partial charge in [0.1, 0.15) is 0 Å². The van der Waals surface area contributed by atoms with Gasteiger partial charge in [0.15, 0.2) is 0 Å². The molecule has 0 fully saturated rings. The Kier molecular flexibility index (Phi) is 7.93. The van der Waals surface area contributed by atoms with Gasteiger partial charge in [-0.3, -0.25) is 9.78 Å². The molecule has 0 amide bonds. The van der Waals surface area contributed by atoms with Gasteiger partial charge in [0.25, 0.3) is 0 Å². The summed E-state index contributed by atoms with van der Waals surface area (Å²) >= 11 is 0. The van der Waals surface area contributed by atoms with Gasteiger partial charge in [0, 0.05) is 5.41 Å². The Hall–Kier alpha value is -2.70. The van der Waals surface area contributed by atoms with Crippen LogP contribution in [0.2, 0.25) is 0 Å². The number of hydrogen-bond acceptors (Lipinski definition) is 6. The molecule has 6 heteroatoms. The van der Waals surface area contributed by atoms with E-state index in [0.29, 0.717) is 24.0 Å². The number of hydrogen-bond donors (Lipinski definition) is 0. The van der Waals surface area contributed by atoms with Crippen molar-refractivity contribution in [3.63, 3.8) is 0 Å². The Balaban J connectivity index is 2.04. The molecule has 0 heterocycles. The lowest BCUT2D eigenvalue weighted by atomic mass is 9.84. The first kappa shape index (κ1) is 22.6. The molecule has 2 radical (unpaired) electrons. The van der Waals surface area contributed by atoms with Crippen molar-refractivity contribution in [1.29, 1.82) is 0 Å². The van der Waals surface area contributed by atoms with Crippen LogP contribution in [-0.4, -0.2) is 11.9 Å². The van der Waals surface area contributed by atoms with E-state index in [1.54, 1.807) is 48.5 Å². The molecular weight excluding hydrogens is 372 g/mol. The first-order chi connectivity index (χ1) is 13.8. The Bertz CT molecular complexity index is 745. The lowest BCUT2D eigenvalue weighted by Crippen LogP contribution is -2.31. The maximum atomic E-state index is 12.2. The van der Waals surface area contributed by atoms with Crippen LogP contribution >= 0.6 is 0 Å². The van der Waals surface area contributed by atoms with Crippen molar-refractivity contribution in [2.24, 2.45) is 5.41 Å². The van der Waals surface area contributed by atoms with Gasteiger partial charge in [-0.25, -0.2) is 9.59 Å². The van der Waals surface area contributed by atoms with Crippen LogP contribution in [-0.2, 0) is 19.6 Å². The minimum atomic E-state index is -0.874. The second kappa shape index (κ2) is 10.2. The van der Waals surface area contributed by atoms with E-state index in [1.165, 1.54) is 0 Å². The first-order valence-electron chi connectivity index (χ1n) is 9.43. The second-order valence-corrected chi connectivity index (χ2v) is 6.92. The molecule has 0 aliphatic carbocycles. The van der Waals surface area contributed by atoms with E-state index >= 15 is 0 Å². The van der Waals surface area contributed by atoms with E-state index in [-0.39, 0.29) is 6.29 Å². The predicted molar refractivity (Wildman–Crippen MR) is 107 cm³/mol. The monoisotopic (exact) mass is 398 g/mol. The van der Waals surface area contributed by atoms with E-state index < -0.39 is 17.4 Å². The van der Waals surface area contributed by atoms with Crippen molar-refractivity contribution in [3.8, 4) is 0 Å². The van der Waals surface area contributed by atoms with Crippen molar-refractivity contribution in [2.75, 3.05) is 0 Å². The van der Waals surface area contributed by atoms with E-state index in [1.807, 2.05) is 27.7 Å². The van der Waals surface area contributed by atoms with Crippen molar-refractivity contribution in [1.82, 2.24) is 0 Å². The topological polar surface area (TPSA) is 71.1 Å². The highest BCUT2D eigenvalue weighted by Gasteiger charge is 2.39. The maximum Gasteiger partial charge on any atom is 0.373 e. The molecule has 0 atom stereocenters. The third-order valence-corrected chi connectivity index (χ3v) is 4.75. The zero-order chi connectivity index (χ0) is 21.4. The van der Waals surface area contributed by atoms with Crippen molar-refractivity contribution in [2.45, 2.75) is 40.5 Å². The van der Waals surface area contributed by atoms with E-state index in [9.17, 15) is 9.59 Å². The Labute approximate surface area is 171 Å². The molecule has 0 unspecified atom stereocenters. The molecule has 0 aromatic heterocycles. The van der Waals surface area contributed by atoms with Crippen LogP contribution in [0.4, 0.5) is 0 Å². The maximum absolute atomic E-state index is 12.2. The number of rotatable bonds is 9. The van der Waals surface area contributed by atoms with E-state index in [4.69, 9.17) is 19.6 Å². The van der Waals surface area contributed by atoms with Crippen LogP contribution in [0.25, 0.3) is 0 Å². The van der Waals surface area contributed by atoms with Crippen molar-refractivity contribution in [3.05, 3.63) is 84.0 Å². The highest BCUT2D eigenvalue weighted by molar-refractivity contribution is 5.89. The van der Waals surface area contributed by atoms with Crippen molar-refractivity contribution < 1.29 is 29.1 Å². The van der Waals surface area contributed by atoms with Crippen LogP contribution in [0.5, 0.6) is 0 Å². The highest BCUT2D eigenvalue weighted by Crippen LogP contribution is 2.38. The summed E-state index contributed by atoms with van der Waals surface area (Å²) in [4.78, 5) is 44.5. The summed E-state index contributed by atoms with van der Waals surface area (Å²) in [7, 11) is 0. The molecule has 2 aromatic carbocycles. The molecule has 0 N–H and O–H groups in total. The van der Waals surface area contributed by atoms with Gasteiger partial charge in [-0.15, -0.1) is 9.78 Å². The Morgan fingerprint density at radius 1 is 0.724 bits per heavy atom. The smallest absolute Gasteiger partial charge is 0.289 e. The summed E-state index contributed by atoms with van der Waals surface area (Å²) in [6.07, 6.45) is 0.801. The van der Waals surface area contributed by atoms with E-state index in [2.05, 4.69) is 6.92 Å². The lowest BCUT2D eigenvalue weighted by molar-refractivity contribution is -0.381. The average Bonchev–Trinajstić information content (AvgIpc) is 2.73. The summed E-state index contributed by atoms with van der Waals surface area (Å²) in [5.41, 5.74) is 1.77. The standard InChI is InChI=1S/C23H26O6/c1-6-23(5,7-2)22(28-26-20(24)18-12-8-16(3)9-13-18)29-27-21(25)19-14-10-17(4)11-15-19/h8-15H,5-7H2,1-4H3. The van der Waals surface area contributed by atoms with Crippen molar-refractivity contribution >= 4 is 11.9 Å². The van der Waals surface area contributed by atoms with Crippen LogP contribution in [0.3, 0.4) is 0 Å². The molecule has 2 rings (SSSR count). The molecule has 0 aliphatic heterocycles. The fourth-order valence-corrected chi connectivity index (χ4v) is 2.36. The summed E-state index contributed by atoms with van der Waals surface area (Å²) in [6.45, 7) is 11.6. The Morgan fingerprint density at radius 2 is 1.07 bits per heavy atom. The third-order valence-electron chi connectivity index (χ3n) is 4.75. The largest absolute Gasteiger partial charge is 0.373 e. The van der Waals surface area contributed by atoms with Gasteiger partial charge in [0.05, 0.1) is 11.1 Å². The zero-order valence-corrected chi connectivity index (χ0v) is 17.2. The van der Waals surface area contributed by atoms with Gasteiger partial charge < -0.3 is 0 Å². The number of aryl methyl sites for hydroxylation is 2. The van der Waals surface area contributed by atoms with Crippen LogP contribution < -0.4 is 0 Å². The molecule has 0 saturated heterocycles. The first-order valence-corrected chi connectivity index (χ1v) is 9.43. The number of benzene rings is 2. The quantitative estimate of drug-likeness (QED) is 0.421. The normalized spacial score (nSPS) is 11.4.